The Morgan fingerprint density at radius 3 is 2.78 bits per heavy atom. The number of carbonyl (C=O) groups is 1. The van der Waals surface area contributed by atoms with Crippen molar-refractivity contribution in [1.29, 1.82) is 0 Å². The first kappa shape index (κ1) is 15.2. The highest BCUT2D eigenvalue weighted by Crippen LogP contribution is 2.26. The van der Waals surface area contributed by atoms with Crippen molar-refractivity contribution in [3.8, 4) is 11.3 Å². The van der Waals surface area contributed by atoms with E-state index in [2.05, 4.69) is 10.3 Å². The van der Waals surface area contributed by atoms with Crippen molar-refractivity contribution in [2.75, 3.05) is 5.32 Å². The summed E-state index contributed by atoms with van der Waals surface area (Å²) >= 11 is 1.56. The fourth-order valence-electron chi connectivity index (χ4n) is 2.10. The zero-order valence-electron chi connectivity index (χ0n) is 12.4. The molecular formula is C17H14FN3OS. The van der Waals surface area contributed by atoms with Crippen LogP contribution >= 0.6 is 11.3 Å². The van der Waals surface area contributed by atoms with Gasteiger partial charge in [-0.15, -0.1) is 11.3 Å². The molecule has 23 heavy (non-hydrogen) atoms. The number of amides is 1. The van der Waals surface area contributed by atoms with E-state index in [9.17, 15) is 9.18 Å². The number of hydrogen-bond acceptors (Lipinski definition) is 3. The van der Waals surface area contributed by atoms with Crippen LogP contribution in [-0.4, -0.2) is 15.5 Å². The number of imidazole rings is 1. The predicted octanol–water partition coefficient (Wildman–Crippen LogP) is 3.94. The Hall–Kier alpha value is -2.73. The second-order valence-electron chi connectivity index (χ2n) is 4.90. The second-order valence-corrected chi connectivity index (χ2v) is 5.88. The third-order valence-corrected chi connectivity index (χ3v) is 4.08. The van der Waals surface area contributed by atoms with Gasteiger partial charge >= 0.3 is 0 Å². The standard InChI is InChI=1S/C17H14FN3OS/c1-21-11-19-16(12-4-6-13(18)7-5-12)17(21)20-15(22)9-8-14-3-2-10-23-14/h2-11H,1H3,(H,20,22). The quantitative estimate of drug-likeness (QED) is 0.738. The SMILES string of the molecule is Cn1cnc(-c2ccc(F)cc2)c1NC(=O)C=Cc1cccs1. The molecule has 0 aliphatic rings. The molecule has 0 bridgehead atoms. The van der Waals surface area contributed by atoms with Crippen LogP contribution in [0.2, 0.25) is 0 Å². The number of aryl methyl sites for hydroxylation is 1. The van der Waals surface area contributed by atoms with E-state index in [0.717, 1.165) is 10.4 Å². The minimum atomic E-state index is -0.311. The van der Waals surface area contributed by atoms with Crippen LogP contribution in [0.3, 0.4) is 0 Å². The van der Waals surface area contributed by atoms with E-state index in [-0.39, 0.29) is 11.7 Å². The Bertz CT molecular complexity index is 835. The lowest BCUT2D eigenvalue weighted by Gasteiger charge is -2.06. The van der Waals surface area contributed by atoms with Crippen LogP contribution in [0.15, 0.2) is 54.2 Å². The monoisotopic (exact) mass is 327 g/mol. The van der Waals surface area contributed by atoms with E-state index in [1.807, 2.05) is 17.5 Å². The predicted molar refractivity (Wildman–Crippen MR) is 90.6 cm³/mol. The molecule has 0 unspecified atom stereocenters. The molecule has 0 saturated carbocycles. The van der Waals surface area contributed by atoms with Gasteiger partial charge in [-0.1, -0.05) is 6.07 Å². The van der Waals surface area contributed by atoms with Gasteiger partial charge in [0.15, 0.2) is 0 Å². The highest BCUT2D eigenvalue weighted by atomic mass is 32.1. The van der Waals surface area contributed by atoms with Gasteiger partial charge in [0.25, 0.3) is 0 Å². The maximum absolute atomic E-state index is 13.0. The van der Waals surface area contributed by atoms with E-state index in [1.165, 1.54) is 18.2 Å². The van der Waals surface area contributed by atoms with E-state index in [4.69, 9.17) is 0 Å². The van der Waals surface area contributed by atoms with Crippen LogP contribution in [0, 0.1) is 5.82 Å². The Morgan fingerprint density at radius 2 is 2.09 bits per heavy atom. The van der Waals surface area contributed by atoms with Gasteiger partial charge in [-0.05, 0) is 41.8 Å². The molecular weight excluding hydrogens is 313 g/mol. The minimum absolute atomic E-state index is 0.245. The van der Waals surface area contributed by atoms with Crippen molar-refractivity contribution in [3.63, 3.8) is 0 Å². The van der Waals surface area contributed by atoms with Gasteiger partial charge in [-0.3, -0.25) is 4.79 Å². The molecule has 2 heterocycles. The van der Waals surface area contributed by atoms with Crippen molar-refractivity contribution in [2.45, 2.75) is 0 Å². The number of nitrogens with zero attached hydrogens (tertiary/aromatic N) is 2. The summed E-state index contributed by atoms with van der Waals surface area (Å²) in [5.74, 6) is 0.0111. The number of halogens is 1. The Morgan fingerprint density at radius 1 is 1.30 bits per heavy atom. The van der Waals surface area contributed by atoms with Crippen LogP contribution in [0.4, 0.5) is 10.2 Å². The average Bonchev–Trinajstić information content (AvgIpc) is 3.17. The topological polar surface area (TPSA) is 46.9 Å². The average molecular weight is 327 g/mol. The number of hydrogen-bond donors (Lipinski definition) is 1. The molecule has 1 amide bonds. The highest BCUT2D eigenvalue weighted by Gasteiger charge is 2.13. The minimum Gasteiger partial charge on any atom is -0.320 e. The molecule has 0 saturated heterocycles. The summed E-state index contributed by atoms with van der Waals surface area (Å²) in [6, 6.07) is 9.86. The summed E-state index contributed by atoms with van der Waals surface area (Å²) in [5, 5.41) is 4.77. The van der Waals surface area contributed by atoms with Crippen molar-refractivity contribution >= 4 is 29.1 Å². The Labute approximate surface area is 136 Å². The van der Waals surface area contributed by atoms with Crippen molar-refractivity contribution in [2.24, 2.45) is 7.05 Å². The summed E-state index contributed by atoms with van der Waals surface area (Å²) in [7, 11) is 1.79. The van der Waals surface area contributed by atoms with Crippen molar-refractivity contribution < 1.29 is 9.18 Å². The van der Waals surface area contributed by atoms with E-state index >= 15 is 0 Å². The molecule has 0 atom stereocenters. The summed E-state index contributed by atoms with van der Waals surface area (Å²) in [5.41, 5.74) is 1.34. The summed E-state index contributed by atoms with van der Waals surface area (Å²) in [4.78, 5) is 17.4. The summed E-state index contributed by atoms with van der Waals surface area (Å²) in [6.07, 6.45) is 4.85. The zero-order chi connectivity index (χ0) is 16.2. The molecule has 2 aromatic heterocycles. The molecule has 0 aliphatic heterocycles. The van der Waals surface area contributed by atoms with E-state index in [0.29, 0.717) is 11.5 Å². The lowest BCUT2D eigenvalue weighted by Crippen LogP contribution is -2.11. The maximum atomic E-state index is 13.0. The number of anilines is 1. The fraction of sp³-hybridized carbons (Fsp3) is 0.0588. The van der Waals surface area contributed by atoms with Crippen LogP contribution < -0.4 is 5.32 Å². The van der Waals surface area contributed by atoms with Crippen molar-refractivity contribution in [3.05, 3.63) is 64.9 Å². The molecule has 6 heteroatoms. The molecule has 1 N–H and O–H groups in total. The number of benzene rings is 1. The Kier molecular flexibility index (Phi) is 4.34. The van der Waals surface area contributed by atoms with Crippen LogP contribution in [0.25, 0.3) is 17.3 Å². The third kappa shape index (κ3) is 3.54. The van der Waals surface area contributed by atoms with Crippen molar-refractivity contribution in [1.82, 2.24) is 9.55 Å². The van der Waals surface area contributed by atoms with E-state index < -0.39 is 0 Å². The molecule has 0 spiro atoms. The number of thiophene rings is 1. The van der Waals surface area contributed by atoms with Gasteiger partial charge in [-0.25, -0.2) is 9.37 Å². The lowest BCUT2D eigenvalue weighted by atomic mass is 10.1. The molecule has 0 radical (unpaired) electrons. The molecule has 0 aliphatic carbocycles. The molecule has 4 nitrogen and oxygen atoms in total. The van der Waals surface area contributed by atoms with Crippen LogP contribution in [0.5, 0.6) is 0 Å². The van der Waals surface area contributed by atoms with Gasteiger partial charge in [0, 0.05) is 23.6 Å². The molecule has 3 rings (SSSR count). The number of rotatable bonds is 4. The summed E-state index contributed by atoms with van der Waals surface area (Å²) < 4.78 is 14.8. The largest absolute Gasteiger partial charge is 0.320 e. The molecule has 1 aromatic carbocycles. The summed E-state index contributed by atoms with van der Waals surface area (Å²) in [6.45, 7) is 0. The van der Waals surface area contributed by atoms with Gasteiger partial charge in [-0.2, -0.15) is 0 Å². The normalized spacial score (nSPS) is 11.0. The van der Waals surface area contributed by atoms with Gasteiger partial charge in [0.1, 0.15) is 17.3 Å². The third-order valence-electron chi connectivity index (χ3n) is 3.24. The molecule has 0 fully saturated rings. The zero-order valence-corrected chi connectivity index (χ0v) is 13.2. The lowest BCUT2D eigenvalue weighted by molar-refractivity contribution is -0.111. The Balaban J connectivity index is 1.81. The first-order valence-electron chi connectivity index (χ1n) is 6.93. The molecule has 116 valence electrons. The van der Waals surface area contributed by atoms with Crippen LogP contribution in [-0.2, 0) is 11.8 Å². The van der Waals surface area contributed by atoms with Crippen LogP contribution in [0.1, 0.15) is 4.88 Å². The first-order chi connectivity index (χ1) is 11.1. The van der Waals surface area contributed by atoms with Gasteiger partial charge in [0.05, 0.1) is 6.33 Å². The molecule has 3 aromatic rings. The maximum Gasteiger partial charge on any atom is 0.249 e. The first-order valence-corrected chi connectivity index (χ1v) is 7.81. The van der Waals surface area contributed by atoms with Gasteiger partial charge < -0.3 is 9.88 Å². The smallest absolute Gasteiger partial charge is 0.249 e. The van der Waals surface area contributed by atoms with E-state index in [1.54, 1.807) is 47.5 Å². The fourth-order valence-corrected chi connectivity index (χ4v) is 2.72. The number of carbonyl (C=O) groups excluding carboxylic acids is 1. The van der Waals surface area contributed by atoms with Gasteiger partial charge in [0.2, 0.25) is 5.91 Å². The second kappa shape index (κ2) is 6.58. The number of aromatic nitrogens is 2. The number of nitrogens with one attached hydrogen (secondary N) is 1. The highest BCUT2D eigenvalue weighted by molar-refractivity contribution is 7.10.